The van der Waals surface area contributed by atoms with Gasteiger partial charge in [-0.05, 0) is 30.3 Å². The first kappa shape index (κ1) is 31.8. The molecule has 266 valence electrons. The average Bonchev–Trinajstić information content (AvgIpc) is 3.98. The minimum absolute atomic E-state index is 0.579. The van der Waals surface area contributed by atoms with Crippen molar-refractivity contribution in [3.8, 4) is 56.8 Å². The van der Waals surface area contributed by atoms with E-state index in [1.165, 1.54) is 0 Å². The second-order valence-corrected chi connectivity index (χ2v) is 15.0. The number of benzene rings is 7. The number of fused-ring (bicyclic) bond motifs is 9. The fraction of sp³-hybridized carbons (Fsp3) is 0. The molecule has 7 aromatic carbocycles. The smallest absolute Gasteiger partial charge is 0.180 e. The van der Waals surface area contributed by atoms with Gasteiger partial charge in [-0.25, -0.2) is 24.9 Å². The van der Waals surface area contributed by atoms with Crippen molar-refractivity contribution < 1.29 is 8.83 Å². The normalized spacial score (nSPS) is 11.9. The predicted octanol–water partition coefficient (Wildman–Crippen LogP) is 13.2. The third kappa shape index (κ3) is 5.01. The van der Waals surface area contributed by atoms with Gasteiger partial charge in [-0.2, -0.15) is 0 Å². The van der Waals surface area contributed by atoms with E-state index in [2.05, 4.69) is 54.6 Å². The summed E-state index contributed by atoms with van der Waals surface area (Å²) in [6.45, 7) is 0. The molecule has 5 heterocycles. The lowest BCUT2D eigenvalue weighted by molar-refractivity contribution is 0.667. The van der Waals surface area contributed by atoms with Crippen LogP contribution in [0.5, 0.6) is 0 Å². The molecule has 8 heteroatoms. The van der Waals surface area contributed by atoms with Crippen LogP contribution >= 0.6 is 11.3 Å². The van der Waals surface area contributed by atoms with Crippen LogP contribution in [-0.2, 0) is 0 Å². The van der Waals surface area contributed by atoms with Crippen molar-refractivity contribution in [2.24, 2.45) is 0 Å². The SMILES string of the molecule is c1ccc(-c2nc(-c3cccc4oc5ccccc5c34)nc(-c3cccc4sc5c(-c6nc(-c7ccccc7)nc7c6oc6ccccc67)cccc5c34)n2)cc1. The summed E-state index contributed by atoms with van der Waals surface area (Å²) in [5.41, 5.74) is 9.22. The van der Waals surface area contributed by atoms with Gasteiger partial charge in [-0.1, -0.05) is 133 Å². The topological polar surface area (TPSA) is 90.7 Å². The summed E-state index contributed by atoms with van der Waals surface area (Å²) in [5.74, 6) is 2.41. The first-order valence-corrected chi connectivity index (χ1v) is 19.5. The summed E-state index contributed by atoms with van der Waals surface area (Å²) >= 11 is 1.73. The molecule has 0 unspecified atom stereocenters. The maximum Gasteiger partial charge on any atom is 0.180 e. The summed E-state index contributed by atoms with van der Waals surface area (Å²) in [6.07, 6.45) is 0. The standard InChI is InChI=1S/C49H27N5O2S/c1-3-14-28(15-4-1)46-50-42-31-19-8-10-25-37(31)56-44(42)43(51-46)35-23-11-20-32-41-34(22-13-27-39(41)57-45(32)35)49-53-47(29-16-5-2-6-17-29)52-48(54-49)33-21-12-26-38-40(33)30-18-7-9-24-36(30)55-38/h1-27H. The molecule has 0 saturated carbocycles. The van der Waals surface area contributed by atoms with E-state index in [4.69, 9.17) is 33.8 Å². The Hall–Kier alpha value is -7.55. The number of rotatable bonds is 5. The zero-order valence-corrected chi connectivity index (χ0v) is 30.9. The van der Waals surface area contributed by atoms with Gasteiger partial charge in [0.1, 0.15) is 28.0 Å². The Morgan fingerprint density at radius 2 is 0.912 bits per heavy atom. The zero-order chi connectivity index (χ0) is 37.5. The molecule has 57 heavy (non-hydrogen) atoms. The lowest BCUT2D eigenvalue weighted by Gasteiger charge is -2.10. The number of hydrogen-bond donors (Lipinski definition) is 0. The third-order valence-corrected chi connectivity index (χ3v) is 11.8. The molecule has 0 amide bonds. The molecule has 0 N–H and O–H groups in total. The Bertz CT molecular complexity index is 3540. The van der Waals surface area contributed by atoms with Gasteiger partial charge in [0, 0.05) is 64.1 Å². The van der Waals surface area contributed by atoms with Gasteiger partial charge in [0.25, 0.3) is 0 Å². The Balaban J connectivity index is 1.11. The van der Waals surface area contributed by atoms with Crippen LogP contribution in [0.15, 0.2) is 173 Å². The van der Waals surface area contributed by atoms with E-state index >= 15 is 0 Å². The predicted molar refractivity (Wildman–Crippen MR) is 230 cm³/mol. The fourth-order valence-corrected chi connectivity index (χ4v) is 9.25. The highest BCUT2D eigenvalue weighted by Gasteiger charge is 2.23. The van der Waals surface area contributed by atoms with Crippen molar-refractivity contribution in [1.29, 1.82) is 0 Å². The van der Waals surface area contributed by atoms with Crippen LogP contribution in [0, 0.1) is 0 Å². The van der Waals surface area contributed by atoms with Crippen molar-refractivity contribution in [2.45, 2.75) is 0 Å². The second kappa shape index (κ2) is 12.5. The molecule has 0 aliphatic heterocycles. The van der Waals surface area contributed by atoms with Crippen LogP contribution in [-0.4, -0.2) is 24.9 Å². The van der Waals surface area contributed by atoms with Crippen LogP contribution < -0.4 is 0 Å². The summed E-state index contributed by atoms with van der Waals surface area (Å²) < 4.78 is 15.0. The second-order valence-electron chi connectivity index (χ2n) is 14.0. The molecular formula is C49H27N5O2S. The minimum atomic E-state index is 0.579. The van der Waals surface area contributed by atoms with Crippen molar-refractivity contribution >= 4 is 75.5 Å². The van der Waals surface area contributed by atoms with E-state index in [9.17, 15) is 0 Å². The largest absolute Gasteiger partial charge is 0.456 e. The van der Waals surface area contributed by atoms with Crippen molar-refractivity contribution in [3.63, 3.8) is 0 Å². The summed E-state index contributed by atoms with van der Waals surface area (Å²) in [7, 11) is 0. The van der Waals surface area contributed by atoms with Gasteiger partial charge >= 0.3 is 0 Å². The lowest BCUT2D eigenvalue weighted by Crippen LogP contribution is -2.00. The van der Waals surface area contributed by atoms with Gasteiger partial charge in [0.15, 0.2) is 28.9 Å². The Labute approximate surface area is 328 Å². The molecule has 0 atom stereocenters. The number of thiophene rings is 1. The van der Waals surface area contributed by atoms with E-state index in [1.807, 2.05) is 109 Å². The number of nitrogens with zero attached hydrogens (tertiary/aromatic N) is 5. The van der Waals surface area contributed by atoms with Crippen LogP contribution in [0.1, 0.15) is 0 Å². The molecule has 7 nitrogen and oxygen atoms in total. The number of para-hydroxylation sites is 2. The van der Waals surface area contributed by atoms with Gasteiger partial charge in [-0.15, -0.1) is 11.3 Å². The van der Waals surface area contributed by atoms with Gasteiger partial charge < -0.3 is 8.83 Å². The van der Waals surface area contributed by atoms with E-state index in [-0.39, 0.29) is 0 Å². The Morgan fingerprint density at radius 3 is 1.67 bits per heavy atom. The van der Waals surface area contributed by atoms with E-state index in [0.29, 0.717) is 28.9 Å². The lowest BCUT2D eigenvalue weighted by atomic mass is 10.0. The van der Waals surface area contributed by atoms with Crippen molar-refractivity contribution in [2.75, 3.05) is 0 Å². The van der Waals surface area contributed by atoms with Crippen LogP contribution in [0.2, 0.25) is 0 Å². The van der Waals surface area contributed by atoms with Gasteiger partial charge in [0.05, 0.1) is 0 Å². The number of furan rings is 2. The fourth-order valence-electron chi connectivity index (χ4n) is 8.00. The Morgan fingerprint density at radius 1 is 0.368 bits per heavy atom. The molecule has 0 aliphatic carbocycles. The first-order valence-electron chi connectivity index (χ1n) is 18.7. The average molecular weight is 750 g/mol. The first-order chi connectivity index (χ1) is 28.2. The van der Waals surface area contributed by atoms with Crippen molar-refractivity contribution in [1.82, 2.24) is 24.9 Å². The van der Waals surface area contributed by atoms with Crippen LogP contribution in [0.3, 0.4) is 0 Å². The van der Waals surface area contributed by atoms with Gasteiger partial charge in [-0.3, -0.25) is 0 Å². The molecule has 0 saturated heterocycles. The molecule has 0 fully saturated rings. The molecule has 0 radical (unpaired) electrons. The third-order valence-electron chi connectivity index (χ3n) is 10.6. The summed E-state index contributed by atoms with van der Waals surface area (Å²) in [6, 6.07) is 55.1. The highest BCUT2D eigenvalue weighted by molar-refractivity contribution is 7.26. The molecule has 12 rings (SSSR count). The van der Waals surface area contributed by atoms with Gasteiger partial charge in [0.2, 0.25) is 0 Å². The molecule has 12 aromatic rings. The molecule has 0 aliphatic rings. The summed E-state index contributed by atoms with van der Waals surface area (Å²) in [4.78, 5) is 25.9. The van der Waals surface area contributed by atoms with Crippen LogP contribution in [0.4, 0.5) is 0 Å². The quantitative estimate of drug-likeness (QED) is 0.173. The maximum absolute atomic E-state index is 6.55. The molecular weight excluding hydrogens is 723 g/mol. The van der Waals surface area contributed by atoms with Crippen molar-refractivity contribution in [3.05, 3.63) is 164 Å². The highest BCUT2D eigenvalue weighted by atomic mass is 32.1. The number of aromatic nitrogens is 5. The monoisotopic (exact) mass is 749 g/mol. The molecule has 5 aromatic heterocycles. The maximum atomic E-state index is 6.55. The minimum Gasteiger partial charge on any atom is -0.456 e. The molecule has 0 bridgehead atoms. The zero-order valence-electron chi connectivity index (χ0n) is 30.0. The van der Waals surface area contributed by atoms with E-state index < -0.39 is 0 Å². The van der Waals surface area contributed by atoms with Crippen LogP contribution in [0.25, 0.3) is 121 Å². The van der Waals surface area contributed by atoms with E-state index in [0.717, 1.165) is 92.1 Å². The Kier molecular flexibility index (Phi) is 6.96. The number of hydrogen-bond acceptors (Lipinski definition) is 8. The highest BCUT2D eigenvalue weighted by Crippen LogP contribution is 2.46. The van der Waals surface area contributed by atoms with E-state index in [1.54, 1.807) is 11.3 Å². The summed E-state index contributed by atoms with van der Waals surface area (Å²) in [5, 5.41) is 5.10. The molecule has 0 spiro atoms.